The van der Waals surface area contributed by atoms with Crippen LogP contribution in [0.4, 0.5) is 20.7 Å². The van der Waals surface area contributed by atoms with Gasteiger partial charge in [0.25, 0.3) is 0 Å². The summed E-state index contributed by atoms with van der Waals surface area (Å²) in [6, 6.07) is 13.3. The third-order valence-electron chi connectivity index (χ3n) is 5.59. The first-order valence-corrected chi connectivity index (χ1v) is 11.2. The predicted molar refractivity (Wildman–Crippen MR) is 127 cm³/mol. The van der Waals surface area contributed by atoms with Crippen LogP contribution >= 0.6 is 11.6 Å². The molecule has 4 rings (SSSR count). The standard InChI is InChI=1S/C24H25ClFN5O2/c1-3-17-6-4-5-7-20(17)29-24(32)31-11-10-30(14-16(31)2)22-13-23(28-15-27-22)33-21-9-8-18(26)12-19(21)25/h4-9,12-13,15-16H,3,10-11,14H2,1-2H3,(H,29,32)/t16-/m0/s1. The first-order valence-electron chi connectivity index (χ1n) is 10.8. The highest BCUT2D eigenvalue weighted by molar-refractivity contribution is 6.32. The molecule has 1 fully saturated rings. The molecule has 1 saturated heterocycles. The average Bonchev–Trinajstić information content (AvgIpc) is 2.81. The number of nitrogens with one attached hydrogen (secondary N) is 1. The Bertz CT molecular complexity index is 1150. The maximum atomic E-state index is 13.3. The smallest absolute Gasteiger partial charge is 0.322 e. The van der Waals surface area contributed by atoms with Crippen molar-refractivity contribution in [1.29, 1.82) is 0 Å². The zero-order valence-corrected chi connectivity index (χ0v) is 19.2. The lowest BCUT2D eigenvalue weighted by Gasteiger charge is -2.40. The summed E-state index contributed by atoms with van der Waals surface area (Å²) in [4.78, 5) is 25.3. The molecule has 2 aromatic carbocycles. The zero-order valence-electron chi connectivity index (χ0n) is 18.5. The molecule has 7 nitrogen and oxygen atoms in total. The Morgan fingerprint density at radius 3 is 2.79 bits per heavy atom. The van der Waals surface area contributed by atoms with Crippen LogP contribution in [-0.4, -0.2) is 46.6 Å². The molecule has 172 valence electrons. The number of carbonyl (C=O) groups is 1. The molecule has 0 aliphatic carbocycles. The van der Waals surface area contributed by atoms with Crippen LogP contribution in [0.3, 0.4) is 0 Å². The number of urea groups is 1. The van der Waals surface area contributed by atoms with E-state index >= 15 is 0 Å². The van der Waals surface area contributed by atoms with Crippen molar-refractivity contribution < 1.29 is 13.9 Å². The van der Waals surface area contributed by atoms with Gasteiger partial charge in [-0.15, -0.1) is 0 Å². The van der Waals surface area contributed by atoms with Gasteiger partial charge >= 0.3 is 6.03 Å². The summed E-state index contributed by atoms with van der Waals surface area (Å²) in [5, 5.41) is 3.21. The maximum Gasteiger partial charge on any atom is 0.322 e. The highest BCUT2D eigenvalue weighted by atomic mass is 35.5. The van der Waals surface area contributed by atoms with Gasteiger partial charge < -0.3 is 19.9 Å². The SMILES string of the molecule is CCc1ccccc1NC(=O)N1CCN(c2cc(Oc3ccc(F)cc3Cl)ncn2)C[C@@H]1C. The summed E-state index contributed by atoms with van der Waals surface area (Å²) >= 11 is 6.05. The van der Waals surface area contributed by atoms with Gasteiger partial charge in [-0.05, 0) is 43.2 Å². The molecule has 1 N–H and O–H groups in total. The number of para-hydroxylation sites is 1. The van der Waals surface area contributed by atoms with Crippen molar-refractivity contribution in [2.24, 2.45) is 0 Å². The minimum Gasteiger partial charge on any atom is -0.437 e. The van der Waals surface area contributed by atoms with Crippen molar-refractivity contribution in [1.82, 2.24) is 14.9 Å². The quantitative estimate of drug-likeness (QED) is 0.544. The molecule has 0 spiro atoms. The Labute approximate surface area is 197 Å². The number of halogens is 2. The van der Waals surface area contributed by atoms with Gasteiger partial charge in [0.15, 0.2) is 0 Å². The molecule has 2 amide bonds. The van der Waals surface area contributed by atoms with Gasteiger partial charge in [-0.25, -0.2) is 19.2 Å². The molecule has 33 heavy (non-hydrogen) atoms. The fourth-order valence-corrected chi connectivity index (χ4v) is 4.04. The van der Waals surface area contributed by atoms with E-state index in [0.717, 1.165) is 17.7 Å². The number of hydrogen-bond acceptors (Lipinski definition) is 5. The van der Waals surface area contributed by atoms with E-state index in [1.54, 1.807) is 6.07 Å². The van der Waals surface area contributed by atoms with E-state index in [9.17, 15) is 9.18 Å². The van der Waals surface area contributed by atoms with Crippen LogP contribution in [0, 0.1) is 5.82 Å². The van der Waals surface area contributed by atoms with E-state index in [1.807, 2.05) is 36.1 Å². The van der Waals surface area contributed by atoms with Crippen LogP contribution in [0.15, 0.2) is 54.9 Å². The second-order valence-corrected chi connectivity index (χ2v) is 8.23. The zero-order chi connectivity index (χ0) is 23.4. The van der Waals surface area contributed by atoms with Crippen LogP contribution in [0.1, 0.15) is 19.4 Å². The molecule has 3 aromatic rings. The Hall–Kier alpha value is -3.39. The number of piperazine rings is 1. The van der Waals surface area contributed by atoms with Crippen LogP contribution in [0.25, 0.3) is 0 Å². The summed E-state index contributed by atoms with van der Waals surface area (Å²) in [5.74, 6) is 0.855. The third kappa shape index (κ3) is 5.34. The minimum atomic E-state index is -0.440. The largest absolute Gasteiger partial charge is 0.437 e. The summed E-state index contributed by atoms with van der Waals surface area (Å²) in [5.41, 5.74) is 1.95. The lowest BCUT2D eigenvalue weighted by atomic mass is 10.1. The molecule has 0 saturated carbocycles. The fourth-order valence-electron chi connectivity index (χ4n) is 3.83. The number of aryl methyl sites for hydroxylation is 1. The van der Waals surface area contributed by atoms with Crippen LogP contribution in [-0.2, 0) is 6.42 Å². The number of benzene rings is 2. The average molecular weight is 470 g/mol. The molecular formula is C24H25ClFN5O2. The third-order valence-corrected chi connectivity index (χ3v) is 5.88. The predicted octanol–water partition coefficient (Wildman–Crippen LogP) is 5.37. The van der Waals surface area contributed by atoms with E-state index in [1.165, 1.54) is 24.5 Å². The topological polar surface area (TPSA) is 70.6 Å². The number of aromatic nitrogens is 2. The highest BCUT2D eigenvalue weighted by Crippen LogP contribution is 2.30. The maximum absolute atomic E-state index is 13.3. The Morgan fingerprint density at radius 1 is 1.21 bits per heavy atom. The lowest BCUT2D eigenvalue weighted by Crippen LogP contribution is -2.55. The summed E-state index contributed by atoms with van der Waals surface area (Å²) in [6.07, 6.45) is 2.26. The second-order valence-electron chi connectivity index (χ2n) is 7.82. The second kappa shape index (κ2) is 10.0. The highest BCUT2D eigenvalue weighted by Gasteiger charge is 2.28. The number of amides is 2. The number of nitrogens with zero attached hydrogens (tertiary/aromatic N) is 4. The molecule has 0 unspecified atom stereocenters. The van der Waals surface area contributed by atoms with Crippen molar-refractivity contribution in [2.75, 3.05) is 29.9 Å². The van der Waals surface area contributed by atoms with E-state index in [-0.39, 0.29) is 17.1 Å². The monoisotopic (exact) mass is 469 g/mol. The lowest BCUT2D eigenvalue weighted by molar-refractivity contribution is 0.184. The van der Waals surface area contributed by atoms with E-state index in [2.05, 4.69) is 27.1 Å². The summed E-state index contributed by atoms with van der Waals surface area (Å²) in [7, 11) is 0. The van der Waals surface area contributed by atoms with Crippen LogP contribution < -0.4 is 15.0 Å². The minimum absolute atomic E-state index is 0.0292. The van der Waals surface area contributed by atoms with Gasteiger partial charge in [0.05, 0.1) is 5.02 Å². The molecule has 1 atom stereocenters. The normalized spacial score (nSPS) is 15.9. The molecule has 2 heterocycles. The van der Waals surface area contributed by atoms with Gasteiger partial charge in [-0.3, -0.25) is 0 Å². The number of ether oxygens (including phenoxy) is 1. The Balaban J connectivity index is 1.41. The molecule has 1 aliphatic heterocycles. The van der Waals surface area contributed by atoms with Crippen molar-refractivity contribution in [3.8, 4) is 11.6 Å². The molecule has 1 aliphatic rings. The van der Waals surface area contributed by atoms with Gasteiger partial charge in [0.1, 0.15) is 23.7 Å². The number of anilines is 2. The van der Waals surface area contributed by atoms with E-state index in [0.29, 0.717) is 37.1 Å². The number of rotatable bonds is 5. The van der Waals surface area contributed by atoms with Crippen molar-refractivity contribution >= 4 is 29.1 Å². The summed E-state index contributed by atoms with van der Waals surface area (Å²) < 4.78 is 19.0. The number of carbonyl (C=O) groups excluding carboxylic acids is 1. The van der Waals surface area contributed by atoms with Gasteiger partial charge in [-0.2, -0.15) is 0 Å². The fraction of sp³-hybridized carbons (Fsp3) is 0.292. The molecule has 9 heteroatoms. The first-order chi connectivity index (χ1) is 15.9. The van der Waals surface area contributed by atoms with Crippen LogP contribution in [0.5, 0.6) is 11.6 Å². The van der Waals surface area contributed by atoms with Gasteiger partial charge in [0, 0.05) is 37.4 Å². The molecular weight excluding hydrogens is 445 g/mol. The first kappa shape index (κ1) is 22.8. The van der Waals surface area contributed by atoms with E-state index in [4.69, 9.17) is 16.3 Å². The molecule has 0 radical (unpaired) electrons. The van der Waals surface area contributed by atoms with Crippen molar-refractivity contribution in [3.63, 3.8) is 0 Å². The molecule has 1 aromatic heterocycles. The van der Waals surface area contributed by atoms with Crippen molar-refractivity contribution in [3.05, 3.63) is 71.3 Å². The van der Waals surface area contributed by atoms with Crippen LogP contribution in [0.2, 0.25) is 5.02 Å². The van der Waals surface area contributed by atoms with Gasteiger partial charge in [0.2, 0.25) is 5.88 Å². The molecule has 0 bridgehead atoms. The summed E-state index contributed by atoms with van der Waals surface area (Å²) in [6.45, 7) is 5.84. The van der Waals surface area contributed by atoms with E-state index < -0.39 is 5.82 Å². The van der Waals surface area contributed by atoms with Gasteiger partial charge in [-0.1, -0.05) is 36.7 Å². The Kier molecular flexibility index (Phi) is 6.93. The van der Waals surface area contributed by atoms with Crippen molar-refractivity contribution in [2.45, 2.75) is 26.3 Å². The number of hydrogen-bond donors (Lipinski definition) is 1. The Morgan fingerprint density at radius 2 is 2.03 bits per heavy atom.